The second kappa shape index (κ2) is 10.2. The first-order valence-corrected chi connectivity index (χ1v) is 7.94. The number of hydrogen-bond acceptors (Lipinski definition) is 4. The van der Waals surface area contributed by atoms with Crippen molar-refractivity contribution in [1.29, 1.82) is 0 Å². The lowest BCUT2D eigenvalue weighted by molar-refractivity contribution is 0.0781. The number of ether oxygens (including phenoxy) is 1. The summed E-state index contributed by atoms with van der Waals surface area (Å²) in [7, 11) is 3.63. The van der Waals surface area contributed by atoms with Crippen molar-refractivity contribution in [2.24, 2.45) is 5.92 Å². The van der Waals surface area contributed by atoms with Crippen molar-refractivity contribution in [3.8, 4) is 5.75 Å². The number of nitrogen functional groups attached to an aromatic ring is 1. The zero-order valence-electron chi connectivity index (χ0n) is 14.3. The summed E-state index contributed by atoms with van der Waals surface area (Å²) in [5, 5.41) is 0.380. The van der Waals surface area contributed by atoms with E-state index in [2.05, 4.69) is 18.9 Å². The van der Waals surface area contributed by atoms with Gasteiger partial charge in [-0.05, 0) is 32.0 Å². The van der Waals surface area contributed by atoms with Gasteiger partial charge in [0.2, 0.25) is 0 Å². The van der Waals surface area contributed by atoms with E-state index < -0.39 is 0 Å². The highest BCUT2D eigenvalue weighted by Crippen LogP contribution is 2.31. The average Bonchev–Trinajstić information content (AvgIpc) is 2.97. The summed E-state index contributed by atoms with van der Waals surface area (Å²) in [5.41, 5.74) is 6.66. The summed E-state index contributed by atoms with van der Waals surface area (Å²) in [5.74, 6) is 0.950. The zero-order valence-corrected chi connectivity index (χ0v) is 16.6. The maximum Gasteiger partial charge on any atom is 0.257 e. The first-order chi connectivity index (χ1) is 10.5. The standard InChI is InChI=1S/C16H24ClN3O2.2ClH/c1-4-19(2)9-11-5-6-20(10-11)16(21)12-7-13(17)14(18)8-15(12)22-3;;/h7-8,11H,4-6,9-10,18H2,1-3H3;2*1H. The zero-order chi connectivity index (χ0) is 16.3. The predicted molar refractivity (Wildman–Crippen MR) is 104 cm³/mol. The van der Waals surface area contributed by atoms with E-state index in [0.29, 0.717) is 27.9 Å². The number of rotatable bonds is 5. The highest BCUT2D eigenvalue weighted by Gasteiger charge is 2.29. The Balaban J connectivity index is 0.00000264. The number of halogens is 3. The number of carbonyl (C=O) groups excluding carboxylic acids is 1. The first-order valence-electron chi connectivity index (χ1n) is 7.57. The van der Waals surface area contributed by atoms with Crippen molar-refractivity contribution in [1.82, 2.24) is 9.80 Å². The van der Waals surface area contributed by atoms with Gasteiger partial charge in [0.15, 0.2) is 0 Å². The number of anilines is 1. The van der Waals surface area contributed by atoms with Crippen LogP contribution in [-0.2, 0) is 0 Å². The number of benzene rings is 1. The molecule has 0 aromatic heterocycles. The summed E-state index contributed by atoms with van der Waals surface area (Å²) in [6, 6.07) is 3.21. The molecule has 1 unspecified atom stereocenters. The Kier molecular flexibility index (Phi) is 9.81. The summed E-state index contributed by atoms with van der Waals surface area (Å²) < 4.78 is 5.28. The molecule has 5 nitrogen and oxygen atoms in total. The van der Waals surface area contributed by atoms with Crippen LogP contribution >= 0.6 is 36.4 Å². The van der Waals surface area contributed by atoms with Crippen molar-refractivity contribution >= 4 is 48.0 Å². The fourth-order valence-electron chi connectivity index (χ4n) is 2.81. The quantitative estimate of drug-likeness (QED) is 0.774. The lowest BCUT2D eigenvalue weighted by Gasteiger charge is -2.21. The van der Waals surface area contributed by atoms with Crippen molar-refractivity contribution in [3.63, 3.8) is 0 Å². The number of nitrogens with zero attached hydrogens (tertiary/aromatic N) is 2. The molecular formula is C16H26Cl3N3O2. The molecule has 1 heterocycles. The highest BCUT2D eigenvalue weighted by molar-refractivity contribution is 6.33. The molecule has 1 aromatic carbocycles. The molecule has 138 valence electrons. The van der Waals surface area contributed by atoms with Crippen molar-refractivity contribution in [2.75, 3.05) is 46.1 Å². The first kappa shape index (κ1) is 23.1. The Labute approximate surface area is 161 Å². The van der Waals surface area contributed by atoms with E-state index in [0.717, 1.165) is 32.6 Å². The van der Waals surface area contributed by atoms with Crippen LogP contribution in [0.5, 0.6) is 5.75 Å². The maximum atomic E-state index is 12.7. The fourth-order valence-corrected chi connectivity index (χ4v) is 2.98. The summed E-state index contributed by atoms with van der Waals surface area (Å²) in [4.78, 5) is 16.9. The number of nitrogens with two attached hydrogens (primary N) is 1. The molecular weight excluding hydrogens is 373 g/mol. The van der Waals surface area contributed by atoms with Crippen molar-refractivity contribution < 1.29 is 9.53 Å². The minimum Gasteiger partial charge on any atom is -0.496 e. The summed E-state index contributed by atoms with van der Waals surface area (Å²) in [6.45, 7) is 5.71. The van der Waals surface area contributed by atoms with E-state index in [9.17, 15) is 4.79 Å². The van der Waals surface area contributed by atoms with Gasteiger partial charge in [0, 0.05) is 25.7 Å². The Morgan fingerprint density at radius 2 is 2.12 bits per heavy atom. The van der Waals surface area contributed by atoms with Gasteiger partial charge in [-0.15, -0.1) is 24.8 Å². The van der Waals surface area contributed by atoms with Crippen LogP contribution in [0.4, 0.5) is 5.69 Å². The van der Waals surface area contributed by atoms with Gasteiger partial charge < -0.3 is 20.3 Å². The molecule has 1 aliphatic heterocycles. The number of carbonyl (C=O) groups is 1. The van der Waals surface area contributed by atoms with E-state index in [4.69, 9.17) is 22.1 Å². The Bertz CT molecular complexity index is 558. The fraction of sp³-hybridized carbons (Fsp3) is 0.562. The van der Waals surface area contributed by atoms with E-state index >= 15 is 0 Å². The number of methoxy groups -OCH3 is 1. The predicted octanol–water partition coefficient (Wildman–Crippen LogP) is 3.19. The van der Waals surface area contributed by atoms with E-state index in [1.54, 1.807) is 12.1 Å². The van der Waals surface area contributed by atoms with Gasteiger partial charge in [-0.1, -0.05) is 18.5 Å². The van der Waals surface area contributed by atoms with Gasteiger partial charge in [-0.25, -0.2) is 0 Å². The minimum atomic E-state index is -0.0413. The molecule has 0 radical (unpaired) electrons. The molecule has 1 amide bonds. The summed E-state index contributed by atoms with van der Waals surface area (Å²) >= 11 is 6.05. The highest BCUT2D eigenvalue weighted by atomic mass is 35.5. The summed E-state index contributed by atoms with van der Waals surface area (Å²) in [6.07, 6.45) is 1.03. The van der Waals surface area contributed by atoms with Crippen LogP contribution in [0.3, 0.4) is 0 Å². The third-order valence-electron chi connectivity index (χ3n) is 4.23. The monoisotopic (exact) mass is 397 g/mol. The van der Waals surface area contributed by atoms with Crippen LogP contribution < -0.4 is 10.5 Å². The van der Waals surface area contributed by atoms with Gasteiger partial charge >= 0.3 is 0 Å². The molecule has 1 saturated heterocycles. The lowest BCUT2D eigenvalue weighted by atomic mass is 10.1. The second-order valence-electron chi connectivity index (χ2n) is 5.83. The van der Waals surface area contributed by atoms with E-state index in [1.807, 2.05) is 4.90 Å². The molecule has 0 bridgehead atoms. The molecule has 0 saturated carbocycles. The molecule has 0 aliphatic carbocycles. The molecule has 0 spiro atoms. The Morgan fingerprint density at radius 3 is 2.71 bits per heavy atom. The van der Waals surface area contributed by atoms with E-state index in [1.165, 1.54) is 7.11 Å². The van der Waals surface area contributed by atoms with Gasteiger partial charge in [0.05, 0.1) is 23.4 Å². The molecule has 1 atom stereocenters. The van der Waals surface area contributed by atoms with Crippen LogP contribution in [0, 0.1) is 5.92 Å². The van der Waals surface area contributed by atoms with E-state index in [-0.39, 0.29) is 30.7 Å². The van der Waals surface area contributed by atoms with Crippen LogP contribution in [-0.4, -0.2) is 56.0 Å². The Morgan fingerprint density at radius 1 is 1.46 bits per heavy atom. The molecule has 1 aliphatic rings. The van der Waals surface area contributed by atoms with Gasteiger partial charge in [0.1, 0.15) is 5.75 Å². The second-order valence-corrected chi connectivity index (χ2v) is 6.24. The van der Waals surface area contributed by atoms with Gasteiger partial charge in [-0.3, -0.25) is 4.79 Å². The molecule has 2 N–H and O–H groups in total. The van der Waals surface area contributed by atoms with Crippen LogP contribution in [0.25, 0.3) is 0 Å². The minimum absolute atomic E-state index is 0. The van der Waals surface area contributed by atoms with Crippen molar-refractivity contribution in [3.05, 3.63) is 22.7 Å². The normalized spacial score (nSPS) is 16.5. The van der Waals surface area contributed by atoms with Crippen LogP contribution in [0.15, 0.2) is 12.1 Å². The largest absolute Gasteiger partial charge is 0.496 e. The molecule has 2 rings (SSSR count). The maximum absolute atomic E-state index is 12.7. The third-order valence-corrected chi connectivity index (χ3v) is 4.56. The topological polar surface area (TPSA) is 58.8 Å². The Hall–Kier alpha value is -0.880. The molecule has 8 heteroatoms. The van der Waals surface area contributed by atoms with Crippen LogP contribution in [0.1, 0.15) is 23.7 Å². The number of amides is 1. The van der Waals surface area contributed by atoms with Gasteiger partial charge in [-0.2, -0.15) is 0 Å². The molecule has 1 fully saturated rings. The molecule has 1 aromatic rings. The molecule has 24 heavy (non-hydrogen) atoms. The SMILES string of the molecule is CCN(C)CC1CCN(C(=O)c2cc(Cl)c(N)cc2OC)C1.Cl.Cl. The number of likely N-dealkylation sites (tertiary alicyclic amines) is 1. The number of hydrogen-bond donors (Lipinski definition) is 1. The van der Waals surface area contributed by atoms with Gasteiger partial charge in [0.25, 0.3) is 5.91 Å². The lowest BCUT2D eigenvalue weighted by Crippen LogP contribution is -2.31. The smallest absolute Gasteiger partial charge is 0.257 e. The van der Waals surface area contributed by atoms with Crippen LogP contribution in [0.2, 0.25) is 5.02 Å². The third kappa shape index (κ3) is 5.31. The average molecular weight is 399 g/mol. The van der Waals surface area contributed by atoms with Crippen molar-refractivity contribution in [2.45, 2.75) is 13.3 Å².